The van der Waals surface area contributed by atoms with Crippen molar-refractivity contribution in [1.29, 1.82) is 0 Å². The molecule has 0 aliphatic heterocycles. The van der Waals surface area contributed by atoms with E-state index < -0.39 is 0 Å². The molecule has 3 nitrogen and oxygen atoms in total. The summed E-state index contributed by atoms with van der Waals surface area (Å²) >= 11 is 1.93. The molecule has 0 bridgehead atoms. The number of nitrogens with zero attached hydrogens (tertiary/aromatic N) is 3. The summed E-state index contributed by atoms with van der Waals surface area (Å²) in [6.45, 7) is 7.55. The third-order valence-corrected chi connectivity index (χ3v) is 4.50. The summed E-state index contributed by atoms with van der Waals surface area (Å²) in [6, 6.07) is 0. The second kappa shape index (κ2) is 7.11. The van der Waals surface area contributed by atoms with Gasteiger partial charge in [-0.2, -0.15) is 11.8 Å². The van der Waals surface area contributed by atoms with Crippen molar-refractivity contribution in [3.8, 4) is 0 Å². The number of aromatic nitrogens is 3. The van der Waals surface area contributed by atoms with E-state index in [1.165, 1.54) is 35.5 Å². The highest BCUT2D eigenvalue weighted by Gasteiger charge is 2.13. The Kier molecular flexibility index (Phi) is 5.46. The fourth-order valence-electron chi connectivity index (χ4n) is 2.60. The van der Waals surface area contributed by atoms with Crippen LogP contribution in [0.4, 0.5) is 0 Å². The van der Waals surface area contributed by atoms with E-state index in [0.717, 1.165) is 30.6 Å². The molecule has 0 amide bonds. The molecule has 0 spiro atoms. The first kappa shape index (κ1) is 15.4. The predicted octanol–water partition coefficient (Wildman–Crippen LogP) is 4.14. The Labute approximate surface area is 126 Å². The van der Waals surface area contributed by atoms with Crippen LogP contribution in [0.25, 0.3) is 11.0 Å². The van der Waals surface area contributed by atoms with Gasteiger partial charge in [0.2, 0.25) is 0 Å². The highest BCUT2D eigenvalue weighted by Crippen LogP contribution is 2.23. The molecule has 20 heavy (non-hydrogen) atoms. The number of aryl methyl sites for hydroxylation is 4. The number of fused-ring (bicyclic) bond motifs is 1. The number of hydrogen-bond acceptors (Lipinski definition) is 3. The number of thioether (sulfide) groups is 1. The molecule has 0 unspecified atom stereocenters. The Morgan fingerprint density at radius 2 is 2.05 bits per heavy atom. The average molecular weight is 291 g/mol. The third-order valence-electron chi connectivity index (χ3n) is 3.81. The lowest BCUT2D eigenvalue weighted by atomic mass is 10.2. The van der Waals surface area contributed by atoms with Crippen LogP contribution in [0.3, 0.4) is 0 Å². The molecule has 0 saturated heterocycles. The molecule has 0 fully saturated rings. The zero-order valence-corrected chi connectivity index (χ0v) is 13.9. The Morgan fingerprint density at radius 3 is 2.75 bits per heavy atom. The van der Waals surface area contributed by atoms with Gasteiger partial charge in [0.05, 0.1) is 11.7 Å². The molecule has 2 aromatic rings. The van der Waals surface area contributed by atoms with Crippen LogP contribution in [0.2, 0.25) is 0 Å². The van der Waals surface area contributed by atoms with Crippen molar-refractivity contribution in [2.24, 2.45) is 0 Å². The molecule has 0 saturated carbocycles. The molecule has 0 aromatic carbocycles. The van der Waals surface area contributed by atoms with Crippen LogP contribution in [-0.2, 0) is 13.0 Å². The quantitative estimate of drug-likeness (QED) is 0.718. The van der Waals surface area contributed by atoms with Gasteiger partial charge in [0.1, 0.15) is 11.3 Å². The summed E-state index contributed by atoms with van der Waals surface area (Å²) in [5.74, 6) is 2.47. The Hall–Kier alpha value is -1.03. The molecule has 2 heterocycles. The molecule has 0 aliphatic rings. The van der Waals surface area contributed by atoms with Crippen LogP contribution in [0.15, 0.2) is 6.20 Å². The van der Waals surface area contributed by atoms with Gasteiger partial charge in [-0.1, -0.05) is 6.92 Å². The molecule has 2 rings (SSSR count). The van der Waals surface area contributed by atoms with Crippen molar-refractivity contribution in [3.63, 3.8) is 0 Å². The van der Waals surface area contributed by atoms with Crippen molar-refractivity contribution in [2.45, 2.75) is 53.0 Å². The fourth-order valence-corrected chi connectivity index (χ4v) is 3.09. The predicted molar refractivity (Wildman–Crippen MR) is 88.6 cm³/mol. The lowest BCUT2D eigenvalue weighted by molar-refractivity contribution is 0.613. The molecule has 2 aromatic heterocycles. The summed E-state index contributed by atoms with van der Waals surface area (Å²) in [5.41, 5.74) is 4.75. The second-order valence-corrected chi connectivity index (χ2v) is 6.32. The average Bonchev–Trinajstić information content (AvgIpc) is 2.78. The first-order chi connectivity index (χ1) is 9.69. The van der Waals surface area contributed by atoms with Crippen molar-refractivity contribution in [1.82, 2.24) is 14.5 Å². The van der Waals surface area contributed by atoms with Gasteiger partial charge in [0.15, 0.2) is 0 Å². The van der Waals surface area contributed by atoms with E-state index >= 15 is 0 Å². The van der Waals surface area contributed by atoms with E-state index in [2.05, 4.69) is 36.6 Å². The molecule has 0 N–H and O–H groups in total. The van der Waals surface area contributed by atoms with E-state index in [-0.39, 0.29) is 0 Å². The van der Waals surface area contributed by atoms with Gasteiger partial charge in [-0.3, -0.25) is 4.98 Å². The fraction of sp³-hybridized carbons (Fsp3) is 0.625. The smallest absolute Gasteiger partial charge is 0.109 e. The van der Waals surface area contributed by atoms with Gasteiger partial charge >= 0.3 is 0 Å². The standard InChI is InChI=1S/C16H25N3S/c1-5-8-15-18-14-11-17-13(3)12(2)16(14)19(15)9-6-7-10-20-4/h11H,5-10H2,1-4H3. The number of hydrogen-bond donors (Lipinski definition) is 0. The molecule has 110 valence electrons. The van der Waals surface area contributed by atoms with Crippen molar-refractivity contribution < 1.29 is 0 Å². The summed E-state index contributed by atoms with van der Waals surface area (Å²) in [4.78, 5) is 9.25. The molecule has 4 heteroatoms. The van der Waals surface area contributed by atoms with Gasteiger partial charge in [-0.05, 0) is 50.7 Å². The molecule has 0 atom stereocenters. The van der Waals surface area contributed by atoms with Gasteiger partial charge < -0.3 is 4.57 Å². The van der Waals surface area contributed by atoms with E-state index in [1.807, 2.05) is 18.0 Å². The van der Waals surface area contributed by atoms with Gasteiger partial charge in [-0.25, -0.2) is 4.98 Å². The summed E-state index contributed by atoms with van der Waals surface area (Å²) in [5, 5.41) is 0. The minimum absolute atomic E-state index is 1.05. The minimum atomic E-state index is 1.05. The summed E-state index contributed by atoms with van der Waals surface area (Å²) in [6.07, 6.45) is 8.79. The van der Waals surface area contributed by atoms with Gasteiger partial charge in [0, 0.05) is 18.7 Å². The Morgan fingerprint density at radius 1 is 1.25 bits per heavy atom. The minimum Gasteiger partial charge on any atom is -0.328 e. The Bertz CT molecular complexity index is 575. The number of imidazole rings is 1. The number of unbranched alkanes of at least 4 members (excludes halogenated alkanes) is 1. The lowest BCUT2D eigenvalue weighted by Gasteiger charge is -2.10. The van der Waals surface area contributed by atoms with E-state index in [1.54, 1.807) is 0 Å². The zero-order valence-electron chi connectivity index (χ0n) is 13.1. The van der Waals surface area contributed by atoms with Gasteiger partial charge in [0.25, 0.3) is 0 Å². The number of pyridine rings is 1. The van der Waals surface area contributed by atoms with Crippen molar-refractivity contribution in [2.75, 3.05) is 12.0 Å². The third kappa shape index (κ3) is 3.17. The van der Waals surface area contributed by atoms with E-state index in [4.69, 9.17) is 4.98 Å². The van der Waals surface area contributed by atoms with E-state index in [9.17, 15) is 0 Å². The van der Waals surface area contributed by atoms with Gasteiger partial charge in [-0.15, -0.1) is 0 Å². The second-order valence-electron chi connectivity index (χ2n) is 5.33. The largest absolute Gasteiger partial charge is 0.328 e. The summed E-state index contributed by atoms with van der Waals surface area (Å²) in [7, 11) is 0. The van der Waals surface area contributed by atoms with Crippen LogP contribution < -0.4 is 0 Å². The first-order valence-corrected chi connectivity index (χ1v) is 8.88. The summed E-state index contributed by atoms with van der Waals surface area (Å²) < 4.78 is 2.43. The maximum absolute atomic E-state index is 4.80. The monoisotopic (exact) mass is 291 g/mol. The van der Waals surface area contributed by atoms with E-state index in [0.29, 0.717) is 0 Å². The highest BCUT2D eigenvalue weighted by molar-refractivity contribution is 7.98. The van der Waals surface area contributed by atoms with Crippen LogP contribution in [0.5, 0.6) is 0 Å². The van der Waals surface area contributed by atoms with Crippen LogP contribution in [0, 0.1) is 13.8 Å². The molecular weight excluding hydrogens is 266 g/mol. The van der Waals surface area contributed by atoms with Crippen LogP contribution in [0.1, 0.15) is 43.3 Å². The zero-order chi connectivity index (χ0) is 14.5. The highest BCUT2D eigenvalue weighted by atomic mass is 32.2. The van der Waals surface area contributed by atoms with Crippen molar-refractivity contribution >= 4 is 22.8 Å². The molecule has 0 radical (unpaired) electrons. The number of rotatable bonds is 7. The van der Waals surface area contributed by atoms with Crippen LogP contribution in [-0.4, -0.2) is 26.5 Å². The normalized spacial score (nSPS) is 11.4. The maximum atomic E-state index is 4.80. The molecule has 0 aliphatic carbocycles. The maximum Gasteiger partial charge on any atom is 0.109 e. The lowest BCUT2D eigenvalue weighted by Crippen LogP contribution is -2.05. The van der Waals surface area contributed by atoms with Crippen LogP contribution >= 0.6 is 11.8 Å². The SMILES string of the molecule is CCCc1nc2cnc(C)c(C)c2n1CCCCSC. The Balaban J connectivity index is 2.36. The van der Waals surface area contributed by atoms with Crippen molar-refractivity contribution in [3.05, 3.63) is 23.3 Å². The first-order valence-electron chi connectivity index (χ1n) is 7.49. The topological polar surface area (TPSA) is 30.7 Å². The molecular formula is C16H25N3S.